The SMILES string of the molecule is C=CCC[C@](NC(C)=O)(C(=O)NC(C)(C)C)C1CC(NC(=O)O)C1. The van der Waals surface area contributed by atoms with E-state index in [-0.39, 0.29) is 23.8 Å². The van der Waals surface area contributed by atoms with Crippen LogP contribution in [0.4, 0.5) is 4.79 Å². The van der Waals surface area contributed by atoms with E-state index in [4.69, 9.17) is 5.11 Å². The summed E-state index contributed by atoms with van der Waals surface area (Å²) in [5, 5.41) is 17.1. The van der Waals surface area contributed by atoms with Gasteiger partial charge in [0, 0.05) is 18.5 Å². The van der Waals surface area contributed by atoms with E-state index in [9.17, 15) is 14.4 Å². The summed E-state index contributed by atoms with van der Waals surface area (Å²) >= 11 is 0. The fourth-order valence-electron chi connectivity index (χ4n) is 3.13. The Balaban J connectivity index is 3.03. The third-order valence-electron chi connectivity index (χ3n) is 4.20. The van der Waals surface area contributed by atoms with Crippen LogP contribution in [-0.4, -0.2) is 40.1 Å². The van der Waals surface area contributed by atoms with Gasteiger partial charge in [-0.25, -0.2) is 4.79 Å². The summed E-state index contributed by atoms with van der Waals surface area (Å²) in [4.78, 5) is 35.5. The van der Waals surface area contributed by atoms with Crippen LogP contribution in [0, 0.1) is 5.92 Å². The van der Waals surface area contributed by atoms with Crippen molar-refractivity contribution in [3.63, 3.8) is 0 Å². The number of carbonyl (C=O) groups excluding carboxylic acids is 2. The van der Waals surface area contributed by atoms with Gasteiger partial charge in [0.05, 0.1) is 0 Å². The van der Waals surface area contributed by atoms with Crippen LogP contribution in [0.2, 0.25) is 0 Å². The van der Waals surface area contributed by atoms with E-state index in [2.05, 4.69) is 22.5 Å². The van der Waals surface area contributed by atoms with Crippen LogP contribution in [0.3, 0.4) is 0 Å². The molecule has 1 aliphatic carbocycles. The van der Waals surface area contributed by atoms with Crippen molar-refractivity contribution in [3.8, 4) is 0 Å². The number of hydrogen-bond donors (Lipinski definition) is 4. The highest BCUT2D eigenvalue weighted by molar-refractivity contribution is 5.92. The molecular weight excluding hydrogens is 310 g/mol. The maximum Gasteiger partial charge on any atom is 0.404 e. The lowest BCUT2D eigenvalue weighted by Gasteiger charge is -2.48. The third kappa shape index (κ3) is 5.25. The van der Waals surface area contributed by atoms with E-state index in [1.165, 1.54) is 6.92 Å². The van der Waals surface area contributed by atoms with Crippen LogP contribution in [0.15, 0.2) is 12.7 Å². The van der Waals surface area contributed by atoms with Crippen LogP contribution in [0.25, 0.3) is 0 Å². The first-order chi connectivity index (χ1) is 11.0. The van der Waals surface area contributed by atoms with Gasteiger partial charge >= 0.3 is 6.09 Å². The van der Waals surface area contributed by atoms with E-state index in [0.717, 1.165) is 0 Å². The second-order valence-electron chi connectivity index (χ2n) is 7.50. The fraction of sp³-hybridized carbons (Fsp3) is 0.706. The highest BCUT2D eigenvalue weighted by Gasteiger charge is 2.51. The molecule has 0 aromatic heterocycles. The number of carbonyl (C=O) groups is 3. The number of amides is 3. The molecule has 0 aromatic rings. The molecule has 0 aliphatic heterocycles. The number of hydrogen-bond acceptors (Lipinski definition) is 3. The van der Waals surface area contributed by atoms with Gasteiger partial charge in [-0.15, -0.1) is 6.58 Å². The number of carboxylic acid groups (broad SMARTS) is 1. The van der Waals surface area contributed by atoms with Crippen molar-refractivity contribution < 1.29 is 19.5 Å². The minimum absolute atomic E-state index is 0.124. The summed E-state index contributed by atoms with van der Waals surface area (Å²) in [5.74, 6) is -0.635. The Morgan fingerprint density at radius 2 is 1.79 bits per heavy atom. The monoisotopic (exact) mass is 339 g/mol. The van der Waals surface area contributed by atoms with E-state index in [1.54, 1.807) is 6.08 Å². The molecule has 0 spiro atoms. The molecule has 0 unspecified atom stereocenters. The lowest BCUT2D eigenvalue weighted by molar-refractivity contribution is -0.139. The number of nitrogens with one attached hydrogen (secondary N) is 3. The van der Waals surface area contributed by atoms with Crippen LogP contribution >= 0.6 is 0 Å². The van der Waals surface area contributed by atoms with Crippen LogP contribution < -0.4 is 16.0 Å². The van der Waals surface area contributed by atoms with Gasteiger partial charge in [-0.05, 0) is 52.4 Å². The molecule has 4 N–H and O–H groups in total. The Morgan fingerprint density at radius 1 is 1.21 bits per heavy atom. The molecule has 136 valence electrons. The van der Waals surface area contributed by atoms with Crippen molar-refractivity contribution in [3.05, 3.63) is 12.7 Å². The zero-order chi connectivity index (χ0) is 18.5. The average Bonchev–Trinajstić information content (AvgIpc) is 2.35. The maximum absolute atomic E-state index is 13.0. The predicted molar refractivity (Wildman–Crippen MR) is 91.5 cm³/mol. The number of rotatable bonds is 7. The van der Waals surface area contributed by atoms with Gasteiger partial charge in [0.15, 0.2) is 0 Å². The highest BCUT2D eigenvalue weighted by atomic mass is 16.4. The normalized spacial score (nSPS) is 22.5. The average molecular weight is 339 g/mol. The first-order valence-corrected chi connectivity index (χ1v) is 8.22. The van der Waals surface area contributed by atoms with Crippen molar-refractivity contribution in [2.75, 3.05) is 0 Å². The van der Waals surface area contributed by atoms with Crippen LogP contribution in [0.5, 0.6) is 0 Å². The minimum atomic E-state index is -1.08. The smallest absolute Gasteiger partial charge is 0.404 e. The van der Waals surface area contributed by atoms with Gasteiger partial charge in [0.25, 0.3) is 0 Å². The fourth-order valence-corrected chi connectivity index (χ4v) is 3.13. The Labute approximate surface area is 143 Å². The Hall–Kier alpha value is -2.05. The minimum Gasteiger partial charge on any atom is -0.465 e. The van der Waals surface area contributed by atoms with Gasteiger partial charge < -0.3 is 21.1 Å². The molecule has 7 heteroatoms. The molecule has 1 saturated carbocycles. The van der Waals surface area contributed by atoms with Crippen molar-refractivity contribution in [2.45, 2.75) is 70.5 Å². The largest absolute Gasteiger partial charge is 0.465 e. The summed E-state index contributed by atoms with van der Waals surface area (Å²) in [5.41, 5.74) is -1.48. The van der Waals surface area contributed by atoms with Crippen molar-refractivity contribution >= 4 is 17.9 Å². The molecule has 0 aromatic carbocycles. The van der Waals surface area contributed by atoms with Crippen molar-refractivity contribution in [1.82, 2.24) is 16.0 Å². The van der Waals surface area contributed by atoms with Gasteiger partial charge in [-0.1, -0.05) is 6.08 Å². The van der Waals surface area contributed by atoms with E-state index in [0.29, 0.717) is 25.7 Å². The molecule has 7 nitrogen and oxygen atoms in total. The van der Waals surface area contributed by atoms with Crippen LogP contribution in [0.1, 0.15) is 53.4 Å². The molecule has 1 aliphatic rings. The molecule has 1 atom stereocenters. The highest BCUT2D eigenvalue weighted by Crippen LogP contribution is 2.40. The zero-order valence-electron chi connectivity index (χ0n) is 14.9. The topological polar surface area (TPSA) is 108 Å². The second kappa shape index (κ2) is 7.68. The molecule has 0 radical (unpaired) electrons. The summed E-state index contributed by atoms with van der Waals surface area (Å²) in [6.07, 6.45) is 2.68. The molecule has 0 saturated heterocycles. The molecule has 1 fully saturated rings. The molecule has 24 heavy (non-hydrogen) atoms. The predicted octanol–water partition coefficient (Wildman–Crippen LogP) is 1.79. The van der Waals surface area contributed by atoms with E-state index in [1.807, 2.05) is 20.8 Å². The lowest BCUT2D eigenvalue weighted by Crippen LogP contribution is -2.68. The summed E-state index contributed by atoms with van der Waals surface area (Å²) < 4.78 is 0. The molecule has 3 amide bonds. The van der Waals surface area contributed by atoms with E-state index < -0.39 is 17.2 Å². The van der Waals surface area contributed by atoms with Crippen molar-refractivity contribution in [2.24, 2.45) is 5.92 Å². The van der Waals surface area contributed by atoms with E-state index >= 15 is 0 Å². The summed E-state index contributed by atoms with van der Waals surface area (Å²) in [7, 11) is 0. The quantitative estimate of drug-likeness (QED) is 0.530. The maximum atomic E-state index is 13.0. The van der Waals surface area contributed by atoms with Gasteiger partial charge in [-0.2, -0.15) is 0 Å². The third-order valence-corrected chi connectivity index (χ3v) is 4.20. The number of allylic oxidation sites excluding steroid dienone is 1. The van der Waals surface area contributed by atoms with Gasteiger partial charge in [0.1, 0.15) is 5.54 Å². The first kappa shape index (κ1) is 20.0. The first-order valence-electron chi connectivity index (χ1n) is 8.22. The summed E-state index contributed by atoms with van der Waals surface area (Å²) in [6.45, 7) is 10.7. The molecule has 0 heterocycles. The Morgan fingerprint density at radius 3 is 2.21 bits per heavy atom. The summed E-state index contributed by atoms with van der Waals surface area (Å²) in [6, 6.07) is -0.188. The Kier molecular flexibility index (Phi) is 6.40. The van der Waals surface area contributed by atoms with Gasteiger partial charge in [0.2, 0.25) is 11.8 Å². The second-order valence-corrected chi connectivity index (χ2v) is 7.50. The molecule has 1 rings (SSSR count). The standard InChI is InChI=1S/C17H29N3O4/c1-6-7-8-17(19-11(2)21,14(22)20-16(3,4)5)12-9-13(10-12)18-15(23)24/h6,12-13,18H,1,7-10H2,2-5H3,(H,19,21)(H,20,22)(H,23,24)/t12?,13?,17-/m1/s1. The zero-order valence-corrected chi connectivity index (χ0v) is 14.9. The molecule has 0 bridgehead atoms. The Bertz CT molecular complexity index is 506. The van der Waals surface area contributed by atoms with Gasteiger partial charge in [-0.3, -0.25) is 9.59 Å². The molecular formula is C17H29N3O4. The van der Waals surface area contributed by atoms with Crippen molar-refractivity contribution in [1.29, 1.82) is 0 Å². The lowest BCUT2D eigenvalue weighted by atomic mass is 9.65. The van der Waals surface area contributed by atoms with Crippen LogP contribution in [-0.2, 0) is 9.59 Å².